The topological polar surface area (TPSA) is 79.8 Å². The van der Waals surface area contributed by atoms with E-state index in [0.717, 1.165) is 21.2 Å². The zero-order chi connectivity index (χ0) is 22.1. The van der Waals surface area contributed by atoms with Crippen LogP contribution in [0.25, 0.3) is 0 Å². The van der Waals surface area contributed by atoms with Crippen molar-refractivity contribution in [3.8, 4) is 5.75 Å². The number of ether oxygens (including phenoxy) is 1. The summed E-state index contributed by atoms with van der Waals surface area (Å²) in [6, 6.07) is 22.4. The lowest BCUT2D eigenvalue weighted by molar-refractivity contribution is -0.120. The van der Waals surface area contributed by atoms with Gasteiger partial charge in [-0.25, -0.2) is 5.43 Å². The highest BCUT2D eigenvalue weighted by Gasteiger charge is 2.07. The maximum Gasteiger partial charge on any atom is 0.259 e. The van der Waals surface area contributed by atoms with Gasteiger partial charge in [0.1, 0.15) is 12.4 Å². The van der Waals surface area contributed by atoms with Crippen LogP contribution in [0.15, 0.2) is 82.4 Å². The second-order valence-corrected chi connectivity index (χ2v) is 7.75. The van der Waals surface area contributed by atoms with E-state index >= 15 is 0 Å². The van der Waals surface area contributed by atoms with E-state index in [4.69, 9.17) is 4.74 Å². The summed E-state index contributed by atoms with van der Waals surface area (Å²) in [5.74, 6) is -0.0295. The zero-order valence-corrected chi connectivity index (χ0v) is 18.6. The second kappa shape index (κ2) is 11.1. The van der Waals surface area contributed by atoms with Crippen LogP contribution in [0.1, 0.15) is 27.0 Å². The molecular weight excluding hydrogens is 458 g/mol. The van der Waals surface area contributed by atoms with Gasteiger partial charge in [-0.15, -0.1) is 0 Å². The predicted molar refractivity (Wildman–Crippen MR) is 124 cm³/mol. The number of hydrogen-bond acceptors (Lipinski definition) is 4. The summed E-state index contributed by atoms with van der Waals surface area (Å²) >= 11 is 3.44. The third-order valence-corrected chi connectivity index (χ3v) is 4.74. The van der Waals surface area contributed by atoms with Crippen LogP contribution in [0.2, 0.25) is 0 Å². The van der Waals surface area contributed by atoms with Gasteiger partial charge in [0, 0.05) is 10.0 Å². The minimum absolute atomic E-state index is 0.167. The molecule has 3 rings (SSSR count). The zero-order valence-electron chi connectivity index (χ0n) is 17.0. The molecule has 0 bridgehead atoms. The maximum atomic E-state index is 12.1. The average molecular weight is 480 g/mol. The summed E-state index contributed by atoms with van der Waals surface area (Å²) in [5, 5.41) is 6.51. The highest BCUT2D eigenvalue weighted by Crippen LogP contribution is 2.16. The second-order valence-electron chi connectivity index (χ2n) is 6.84. The molecule has 0 aliphatic heterocycles. The average Bonchev–Trinajstić information content (AvgIpc) is 2.76. The SMILES string of the molecule is Cc1cccc(C(=O)NCC(=O)N/N=C/c2cccc(OCc3cccc(Br)c3)c2)c1. The third-order valence-electron chi connectivity index (χ3n) is 4.25. The molecule has 0 radical (unpaired) electrons. The highest BCUT2D eigenvalue weighted by atomic mass is 79.9. The summed E-state index contributed by atoms with van der Waals surface area (Å²) < 4.78 is 6.81. The van der Waals surface area contributed by atoms with Crippen LogP contribution in [0.5, 0.6) is 5.75 Å². The molecule has 0 aliphatic rings. The summed E-state index contributed by atoms with van der Waals surface area (Å²) in [4.78, 5) is 24.0. The monoisotopic (exact) mass is 479 g/mol. The largest absolute Gasteiger partial charge is 0.489 e. The molecule has 6 nitrogen and oxygen atoms in total. The molecule has 3 aromatic carbocycles. The Morgan fingerprint density at radius 3 is 2.65 bits per heavy atom. The first-order chi connectivity index (χ1) is 15.0. The van der Waals surface area contributed by atoms with Crippen molar-refractivity contribution in [3.63, 3.8) is 0 Å². The number of hydrogen-bond donors (Lipinski definition) is 2. The molecule has 2 amide bonds. The van der Waals surface area contributed by atoms with E-state index in [1.54, 1.807) is 18.2 Å². The van der Waals surface area contributed by atoms with E-state index in [-0.39, 0.29) is 12.5 Å². The molecule has 0 spiro atoms. The molecule has 0 unspecified atom stereocenters. The fourth-order valence-electron chi connectivity index (χ4n) is 2.75. The van der Waals surface area contributed by atoms with Crippen LogP contribution in [-0.2, 0) is 11.4 Å². The first-order valence-electron chi connectivity index (χ1n) is 9.64. The van der Waals surface area contributed by atoms with Crippen LogP contribution in [0, 0.1) is 6.92 Å². The van der Waals surface area contributed by atoms with E-state index < -0.39 is 5.91 Å². The lowest BCUT2D eigenvalue weighted by Crippen LogP contribution is -2.34. The normalized spacial score (nSPS) is 10.6. The van der Waals surface area contributed by atoms with Gasteiger partial charge >= 0.3 is 0 Å². The van der Waals surface area contributed by atoms with Gasteiger partial charge in [0.05, 0.1) is 12.8 Å². The van der Waals surface area contributed by atoms with Crippen molar-refractivity contribution < 1.29 is 14.3 Å². The molecule has 158 valence electrons. The van der Waals surface area contributed by atoms with Crippen molar-refractivity contribution in [2.45, 2.75) is 13.5 Å². The lowest BCUT2D eigenvalue weighted by Gasteiger charge is -2.07. The van der Waals surface area contributed by atoms with Gasteiger partial charge in [-0.3, -0.25) is 9.59 Å². The van der Waals surface area contributed by atoms with Crippen LogP contribution < -0.4 is 15.5 Å². The van der Waals surface area contributed by atoms with Crippen LogP contribution in [-0.4, -0.2) is 24.6 Å². The molecule has 31 heavy (non-hydrogen) atoms. The van der Waals surface area contributed by atoms with Crippen molar-refractivity contribution >= 4 is 34.0 Å². The first-order valence-corrected chi connectivity index (χ1v) is 10.4. The quantitative estimate of drug-likeness (QED) is 0.375. The van der Waals surface area contributed by atoms with Crippen molar-refractivity contribution in [2.24, 2.45) is 5.10 Å². The van der Waals surface area contributed by atoms with Crippen molar-refractivity contribution in [1.29, 1.82) is 0 Å². The Hall–Kier alpha value is -3.45. The number of halogens is 1. The minimum Gasteiger partial charge on any atom is -0.489 e. The molecule has 7 heteroatoms. The molecule has 0 saturated carbocycles. The highest BCUT2D eigenvalue weighted by molar-refractivity contribution is 9.10. The van der Waals surface area contributed by atoms with Gasteiger partial charge in [-0.2, -0.15) is 5.10 Å². The van der Waals surface area contributed by atoms with Crippen molar-refractivity contribution in [2.75, 3.05) is 6.54 Å². The van der Waals surface area contributed by atoms with Crippen molar-refractivity contribution in [1.82, 2.24) is 10.7 Å². The maximum absolute atomic E-state index is 12.1. The Kier molecular flexibility index (Phi) is 7.95. The molecular formula is C24H22BrN3O3. The molecule has 0 heterocycles. The number of nitrogens with zero attached hydrogens (tertiary/aromatic N) is 1. The van der Waals surface area contributed by atoms with E-state index in [1.807, 2.05) is 61.5 Å². The molecule has 0 aliphatic carbocycles. The van der Waals surface area contributed by atoms with Gasteiger partial charge in [0.15, 0.2) is 0 Å². The minimum atomic E-state index is -0.417. The Morgan fingerprint density at radius 1 is 1.03 bits per heavy atom. The van der Waals surface area contributed by atoms with Gasteiger partial charge in [-0.1, -0.05) is 57.9 Å². The van der Waals surface area contributed by atoms with Crippen molar-refractivity contribution in [3.05, 3.63) is 99.5 Å². The Morgan fingerprint density at radius 2 is 1.84 bits per heavy atom. The van der Waals surface area contributed by atoms with Crippen LogP contribution in [0.4, 0.5) is 0 Å². The first kappa shape index (κ1) is 22.2. The Balaban J connectivity index is 1.46. The number of nitrogens with one attached hydrogen (secondary N) is 2. The summed E-state index contributed by atoms with van der Waals surface area (Å²) in [7, 11) is 0. The number of amides is 2. The number of carbonyl (C=O) groups excluding carboxylic acids is 2. The predicted octanol–water partition coefficient (Wildman–Crippen LogP) is 4.22. The lowest BCUT2D eigenvalue weighted by atomic mass is 10.1. The Bertz CT molecular complexity index is 1100. The third kappa shape index (κ3) is 7.38. The van der Waals surface area contributed by atoms with Gasteiger partial charge in [0.25, 0.3) is 11.8 Å². The number of benzene rings is 3. The molecule has 0 fully saturated rings. The molecule has 0 saturated heterocycles. The fraction of sp³-hybridized carbons (Fsp3) is 0.125. The number of aryl methyl sites for hydroxylation is 1. The molecule has 0 aromatic heterocycles. The Labute approximate surface area is 189 Å². The van der Waals surface area contributed by atoms with Gasteiger partial charge in [-0.05, 0) is 54.4 Å². The van der Waals surface area contributed by atoms with Crippen LogP contribution in [0.3, 0.4) is 0 Å². The van der Waals surface area contributed by atoms with Gasteiger partial charge in [0.2, 0.25) is 0 Å². The summed E-state index contributed by atoms with van der Waals surface area (Å²) in [6.07, 6.45) is 1.52. The van der Waals surface area contributed by atoms with E-state index in [1.165, 1.54) is 6.21 Å². The smallest absolute Gasteiger partial charge is 0.259 e. The molecule has 2 N–H and O–H groups in total. The number of hydrazone groups is 1. The standard InChI is InChI=1S/C24H22BrN3O3/c1-17-5-2-8-20(11-17)24(30)26-15-23(29)28-27-14-18-6-4-10-22(13-18)31-16-19-7-3-9-21(25)12-19/h2-14H,15-16H2,1H3,(H,26,30)(H,28,29)/b27-14+. The number of rotatable bonds is 8. The fourth-order valence-corrected chi connectivity index (χ4v) is 3.19. The van der Waals surface area contributed by atoms with E-state index in [2.05, 4.69) is 31.8 Å². The summed E-state index contributed by atoms with van der Waals surface area (Å²) in [5.41, 5.74) is 5.71. The number of carbonyl (C=O) groups is 2. The molecule has 3 aromatic rings. The van der Waals surface area contributed by atoms with E-state index in [0.29, 0.717) is 17.9 Å². The molecule has 0 atom stereocenters. The van der Waals surface area contributed by atoms with Crippen LogP contribution >= 0.6 is 15.9 Å². The van der Waals surface area contributed by atoms with Gasteiger partial charge < -0.3 is 10.1 Å². The summed E-state index contributed by atoms with van der Waals surface area (Å²) in [6.45, 7) is 2.18. The van der Waals surface area contributed by atoms with E-state index in [9.17, 15) is 9.59 Å².